The zero-order valence-electron chi connectivity index (χ0n) is 9.03. The Bertz CT molecular complexity index is 457. The largest absolute Gasteiger partial charge is 0.424 e. The molecule has 82 valence electrons. The molecule has 0 radical (unpaired) electrons. The first kappa shape index (κ1) is 11.0. The lowest BCUT2D eigenvalue weighted by Gasteiger charge is -2.03. The van der Waals surface area contributed by atoms with Crippen molar-refractivity contribution in [3.63, 3.8) is 0 Å². The van der Waals surface area contributed by atoms with Gasteiger partial charge in [0.1, 0.15) is 5.76 Å². The summed E-state index contributed by atoms with van der Waals surface area (Å²) in [5, 5.41) is 0. The van der Waals surface area contributed by atoms with E-state index in [4.69, 9.17) is 4.74 Å². The van der Waals surface area contributed by atoms with Gasteiger partial charge in [-0.15, -0.1) is 11.8 Å². The molecule has 2 rings (SSSR count). The third kappa shape index (κ3) is 2.36. The van der Waals surface area contributed by atoms with Crippen LogP contribution in [0.2, 0.25) is 0 Å². The van der Waals surface area contributed by atoms with Crippen molar-refractivity contribution in [1.29, 1.82) is 0 Å². The first-order valence-corrected chi connectivity index (χ1v) is 6.16. The third-order valence-electron chi connectivity index (χ3n) is 2.43. The number of carbonyl (C=O) groups excluding carboxylic acids is 1. The summed E-state index contributed by atoms with van der Waals surface area (Å²) in [4.78, 5) is 12.2. The molecule has 1 aromatic carbocycles. The number of esters is 1. The number of allylic oxidation sites excluding steroid dienone is 1. The van der Waals surface area contributed by atoms with Gasteiger partial charge in [-0.2, -0.15) is 0 Å². The maximum absolute atomic E-state index is 11.0. The van der Waals surface area contributed by atoms with Crippen molar-refractivity contribution in [2.45, 2.75) is 11.3 Å². The molecule has 0 saturated carbocycles. The van der Waals surface area contributed by atoms with Gasteiger partial charge in [0.25, 0.3) is 0 Å². The lowest BCUT2D eigenvalue weighted by atomic mass is 10.0. The predicted molar refractivity (Wildman–Crippen MR) is 65.2 cm³/mol. The van der Waals surface area contributed by atoms with Gasteiger partial charge in [0, 0.05) is 23.0 Å². The monoisotopic (exact) mass is 232 g/mol. The van der Waals surface area contributed by atoms with Crippen LogP contribution < -0.4 is 0 Å². The van der Waals surface area contributed by atoms with Crippen LogP contribution in [0.25, 0.3) is 0 Å². The number of rotatable bonds is 3. The van der Waals surface area contributed by atoms with E-state index >= 15 is 0 Å². The van der Waals surface area contributed by atoms with Gasteiger partial charge in [0.15, 0.2) is 0 Å². The Morgan fingerprint density at radius 2 is 2.00 bits per heavy atom. The van der Waals surface area contributed by atoms with Crippen molar-refractivity contribution in [3.8, 4) is 0 Å². The van der Waals surface area contributed by atoms with E-state index in [1.54, 1.807) is 11.8 Å². The first-order valence-electron chi connectivity index (χ1n) is 4.93. The maximum Gasteiger partial charge on any atom is 0.336 e. The average Bonchev–Trinajstić information content (AvgIpc) is 2.59. The molecule has 0 bridgehead atoms. The van der Waals surface area contributed by atoms with E-state index < -0.39 is 0 Å². The molecule has 1 aliphatic rings. The SMILES string of the molecule is C=C1OC(=O)C=C1Cc1ccc(SC)cc1. The van der Waals surface area contributed by atoms with Crippen LogP contribution >= 0.6 is 11.8 Å². The van der Waals surface area contributed by atoms with Gasteiger partial charge >= 0.3 is 5.97 Å². The second kappa shape index (κ2) is 4.58. The average molecular weight is 232 g/mol. The number of hydrogen-bond donors (Lipinski definition) is 0. The second-order valence-corrected chi connectivity index (χ2v) is 4.42. The normalized spacial score (nSPS) is 14.9. The van der Waals surface area contributed by atoms with Gasteiger partial charge in [-0.1, -0.05) is 18.7 Å². The molecule has 1 aromatic rings. The Labute approximate surface area is 99.0 Å². The highest BCUT2D eigenvalue weighted by Crippen LogP contribution is 2.23. The fraction of sp³-hybridized carbons (Fsp3) is 0.154. The molecule has 0 aliphatic carbocycles. The molecular formula is C13H12O2S. The number of thioether (sulfide) groups is 1. The van der Waals surface area contributed by atoms with Crippen molar-refractivity contribution in [1.82, 2.24) is 0 Å². The van der Waals surface area contributed by atoms with Gasteiger partial charge in [0.05, 0.1) is 0 Å². The van der Waals surface area contributed by atoms with E-state index in [1.807, 2.05) is 6.26 Å². The van der Waals surface area contributed by atoms with Crippen LogP contribution in [-0.2, 0) is 16.0 Å². The molecule has 2 nitrogen and oxygen atoms in total. The van der Waals surface area contributed by atoms with Crippen LogP contribution in [0.3, 0.4) is 0 Å². The van der Waals surface area contributed by atoms with Crippen LogP contribution in [-0.4, -0.2) is 12.2 Å². The molecule has 0 amide bonds. The van der Waals surface area contributed by atoms with Gasteiger partial charge in [-0.3, -0.25) is 0 Å². The minimum atomic E-state index is -0.319. The Balaban J connectivity index is 2.12. The summed E-state index contributed by atoms with van der Waals surface area (Å²) in [6.07, 6.45) is 4.24. The Morgan fingerprint density at radius 1 is 1.31 bits per heavy atom. The summed E-state index contributed by atoms with van der Waals surface area (Å²) in [5.41, 5.74) is 2.02. The van der Waals surface area contributed by atoms with Crippen LogP contribution in [0.5, 0.6) is 0 Å². The zero-order valence-corrected chi connectivity index (χ0v) is 9.84. The zero-order chi connectivity index (χ0) is 11.5. The lowest BCUT2D eigenvalue weighted by molar-refractivity contribution is -0.132. The summed E-state index contributed by atoms with van der Waals surface area (Å²) in [6.45, 7) is 3.70. The number of cyclic esters (lactones) is 1. The van der Waals surface area contributed by atoms with Crippen molar-refractivity contribution < 1.29 is 9.53 Å². The van der Waals surface area contributed by atoms with Gasteiger partial charge < -0.3 is 4.74 Å². The van der Waals surface area contributed by atoms with Crippen molar-refractivity contribution in [2.24, 2.45) is 0 Å². The fourth-order valence-electron chi connectivity index (χ4n) is 1.55. The van der Waals surface area contributed by atoms with Gasteiger partial charge in [-0.05, 0) is 24.0 Å². The highest BCUT2D eigenvalue weighted by Gasteiger charge is 2.17. The number of benzene rings is 1. The van der Waals surface area contributed by atoms with Crippen LogP contribution in [0, 0.1) is 0 Å². The minimum absolute atomic E-state index is 0.319. The molecule has 0 spiro atoms. The van der Waals surface area contributed by atoms with Crippen LogP contribution in [0.15, 0.2) is 53.1 Å². The highest BCUT2D eigenvalue weighted by atomic mass is 32.2. The molecule has 3 heteroatoms. The number of carbonyl (C=O) groups is 1. The number of hydrogen-bond acceptors (Lipinski definition) is 3. The Morgan fingerprint density at radius 3 is 2.50 bits per heavy atom. The summed E-state index contributed by atoms with van der Waals surface area (Å²) < 4.78 is 4.86. The van der Waals surface area contributed by atoms with Crippen LogP contribution in [0.1, 0.15) is 5.56 Å². The summed E-state index contributed by atoms with van der Waals surface area (Å²) in [6, 6.07) is 8.26. The molecule has 0 atom stereocenters. The lowest BCUT2D eigenvalue weighted by Crippen LogP contribution is -1.91. The van der Waals surface area contributed by atoms with E-state index in [0.717, 1.165) is 11.1 Å². The summed E-state index contributed by atoms with van der Waals surface area (Å²) in [5.74, 6) is 0.152. The first-order chi connectivity index (χ1) is 7.69. The van der Waals surface area contributed by atoms with Crippen molar-refractivity contribution in [3.05, 3.63) is 53.8 Å². The Hall–Kier alpha value is -1.48. The summed E-state index contributed by atoms with van der Waals surface area (Å²) >= 11 is 1.71. The van der Waals surface area contributed by atoms with E-state index in [-0.39, 0.29) is 5.97 Å². The quantitative estimate of drug-likeness (QED) is 0.592. The standard InChI is InChI=1S/C13H12O2S/c1-9-11(8-13(14)15-9)7-10-3-5-12(16-2)6-4-10/h3-6,8H,1,7H2,2H3. The molecular weight excluding hydrogens is 220 g/mol. The molecule has 0 aromatic heterocycles. The molecule has 0 fully saturated rings. The Kier molecular flexibility index (Phi) is 3.15. The molecule has 16 heavy (non-hydrogen) atoms. The van der Waals surface area contributed by atoms with Crippen molar-refractivity contribution >= 4 is 17.7 Å². The maximum atomic E-state index is 11.0. The predicted octanol–water partition coefficient (Wildman–Crippen LogP) is 2.95. The smallest absolute Gasteiger partial charge is 0.336 e. The molecule has 0 saturated heterocycles. The highest BCUT2D eigenvalue weighted by molar-refractivity contribution is 7.98. The molecule has 1 aliphatic heterocycles. The van der Waals surface area contributed by atoms with Crippen molar-refractivity contribution in [2.75, 3.05) is 6.26 Å². The molecule has 0 N–H and O–H groups in total. The minimum Gasteiger partial charge on any atom is -0.424 e. The molecule has 1 heterocycles. The van der Waals surface area contributed by atoms with E-state index in [2.05, 4.69) is 30.8 Å². The summed E-state index contributed by atoms with van der Waals surface area (Å²) in [7, 11) is 0. The fourth-order valence-corrected chi connectivity index (χ4v) is 1.96. The van der Waals surface area contributed by atoms with Crippen LogP contribution in [0.4, 0.5) is 0 Å². The number of ether oxygens (including phenoxy) is 1. The van der Waals surface area contributed by atoms with E-state index in [1.165, 1.54) is 11.0 Å². The van der Waals surface area contributed by atoms with E-state index in [0.29, 0.717) is 12.2 Å². The molecule has 0 unspecified atom stereocenters. The van der Waals surface area contributed by atoms with E-state index in [9.17, 15) is 4.79 Å². The topological polar surface area (TPSA) is 26.3 Å². The third-order valence-corrected chi connectivity index (χ3v) is 3.17. The second-order valence-electron chi connectivity index (χ2n) is 3.54. The van der Waals surface area contributed by atoms with Gasteiger partial charge in [0.2, 0.25) is 0 Å². The van der Waals surface area contributed by atoms with Gasteiger partial charge in [-0.25, -0.2) is 4.79 Å².